The smallest absolute Gasteiger partial charge is 0.242 e. The van der Waals surface area contributed by atoms with E-state index in [1.807, 2.05) is 0 Å². The summed E-state index contributed by atoms with van der Waals surface area (Å²) in [6.07, 6.45) is 3.73. The maximum atomic E-state index is 12.7. The number of ether oxygens (including phenoxy) is 2. The van der Waals surface area contributed by atoms with Gasteiger partial charge >= 0.3 is 0 Å². The van der Waals surface area contributed by atoms with E-state index in [1.165, 1.54) is 17.3 Å². The minimum atomic E-state index is -0.818. The zero-order valence-electron chi connectivity index (χ0n) is 17.7. The van der Waals surface area contributed by atoms with Gasteiger partial charge < -0.3 is 9.47 Å². The molecule has 9 heteroatoms. The summed E-state index contributed by atoms with van der Waals surface area (Å²) in [7, 11) is 0. The van der Waals surface area contributed by atoms with Crippen molar-refractivity contribution < 1.29 is 19.1 Å². The van der Waals surface area contributed by atoms with Crippen molar-refractivity contribution in [3.05, 3.63) is 46.2 Å². The lowest BCUT2D eigenvalue weighted by molar-refractivity contribution is -0.129. The number of hydrogen-bond donors (Lipinski definition) is 0. The molecule has 0 radical (unpaired) electrons. The molecule has 0 saturated carbocycles. The van der Waals surface area contributed by atoms with Crippen LogP contribution in [0.1, 0.15) is 32.8 Å². The number of Topliss-reactive ketones (excluding diaryl/α,β-unsaturated/α-hetero) is 1. The third-order valence-corrected chi connectivity index (χ3v) is 5.56. The Morgan fingerprint density at radius 3 is 2.39 bits per heavy atom. The summed E-state index contributed by atoms with van der Waals surface area (Å²) in [6.45, 7) is 6.98. The predicted molar refractivity (Wildman–Crippen MR) is 119 cm³/mol. The Labute approximate surface area is 191 Å². The molecular formula is C22H25Cl2N3O4. The van der Waals surface area contributed by atoms with Gasteiger partial charge in [0, 0.05) is 22.2 Å². The molecule has 1 aliphatic rings. The topological polar surface area (TPSA) is 81.6 Å². The van der Waals surface area contributed by atoms with Crippen LogP contribution in [0.15, 0.2) is 30.6 Å². The Bertz CT molecular complexity index is 925. The second-order valence-corrected chi connectivity index (χ2v) is 9.35. The van der Waals surface area contributed by atoms with Crippen LogP contribution in [0.3, 0.4) is 0 Å². The van der Waals surface area contributed by atoms with Gasteiger partial charge in [-0.1, -0.05) is 50.0 Å². The summed E-state index contributed by atoms with van der Waals surface area (Å²) in [5, 5.41) is 1.00. The van der Waals surface area contributed by atoms with Gasteiger partial charge in [-0.25, -0.2) is 9.97 Å². The minimum Gasteiger partial charge on any atom is -0.486 e. The fourth-order valence-corrected chi connectivity index (χ4v) is 3.44. The standard InChI is InChI=1S/C22H25Cl2N3O4/c1-22(2,3)7-8-30-12-16-19(28)11-27(20(16)29)21-25-9-14(10-26-21)31-13-15-17(23)5-4-6-18(15)24/h4-6,9-10,16H,7-8,11-13H2,1-3H3. The highest BCUT2D eigenvalue weighted by molar-refractivity contribution is 6.35. The molecule has 0 spiro atoms. The zero-order valence-corrected chi connectivity index (χ0v) is 19.2. The number of carbonyl (C=O) groups is 2. The highest BCUT2D eigenvalue weighted by Crippen LogP contribution is 2.26. The third kappa shape index (κ3) is 6.15. The van der Waals surface area contributed by atoms with Crippen molar-refractivity contribution in [3.63, 3.8) is 0 Å². The molecule has 166 valence electrons. The minimum absolute atomic E-state index is 0.0679. The van der Waals surface area contributed by atoms with Gasteiger partial charge in [0.1, 0.15) is 12.5 Å². The van der Waals surface area contributed by atoms with Gasteiger partial charge in [-0.15, -0.1) is 0 Å². The number of aromatic nitrogens is 2. The largest absolute Gasteiger partial charge is 0.486 e. The van der Waals surface area contributed by atoms with Crippen molar-refractivity contribution >= 4 is 40.8 Å². The van der Waals surface area contributed by atoms with Gasteiger partial charge in [-0.3, -0.25) is 14.5 Å². The second-order valence-electron chi connectivity index (χ2n) is 8.54. The molecule has 2 aromatic rings. The SMILES string of the molecule is CC(C)(C)CCOCC1C(=O)CN(c2ncc(OCc3c(Cl)cccc3Cl)cn2)C1=O. The number of carbonyl (C=O) groups excluding carboxylic acids is 2. The van der Waals surface area contributed by atoms with Crippen LogP contribution in [-0.2, 0) is 20.9 Å². The van der Waals surface area contributed by atoms with Crippen molar-refractivity contribution in [3.8, 4) is 5.75 Å². The Kier molecular flexibility index (Phi) is 7.51. The van der Waals surface area contributed by atoms with Crippen LogP contribution < -0.4 is 9.64 Å². The number of amides is 1. The highest BCUT2D eigenvalue weighted by Gasteiger charge is 2.41. The first kappa shape index (κ1) is 23.4. The molecule has 0 bridgehead atoms. The average molecular weight is 466 g/mol. The molecule has 3 rings (SSSR count). The van der Waals surface area contributed by atoms with Gasteiger partial charge in [-0.2, -0.15) is 0 Å². The van der Waals surface area contributed by atoms with Gasteiger partial charge in [0.15, 0.2) is 11.5 Å². The molecule has 1 aromatic carbocycles. The van der Waals surface area contributed by atoms with Crippen LogP contribution in [0.25, 0.3) is 0 Å². The molecule has 1 aromatic heterocycles. The van der Waals surface area contributed by atoms with E-state index in [0.29, 0.717) is 28.0 Å². The van der Waals surface area contributed by atoms with E-state index in [9.17, 15) is 9.59 Å². The molecule has 31 heavy (non-hydrogen) atoms. The highest BCUT2D eigenvalue weighted by atomic mass is 35.5. The fourth-order valence-electron chi connectivity index (χ4n) is 2.93. The van der Waals surface area contributed by atoms with E-state index >= 15 is 0 Å². The first-order valence-electron chi connectivity index (χ1n) is 9.95. The molecule has 0 aliphatic carbocycles. The van der Waals surface area contributed by atoms with Gasteiger partial charge in [0.2, 0.25) is 11.9 Å². The molecular weight excluding hydrogens is 441 g/mol. The lowest BCUT2D eigenvalue weighted by Crippen LogP contribution is -2.30. The number of anilines is 1. The van der Waals surface area contributed by atoms with Crippen molar-refractivity contribution in [2.24, 2.45) is 11.3 Å². The number of halogens is 2. The summed E-state index contributed by atoms with van der Waals surface area (Å²) in [5.74, 6) is -0.823. The Morgan fingerprint density at radius 2 is 1.77 bits per heavy atom. The summed E-state index contributed by atoms with van der Waals surface area (Å²) < 4.78 is 11.2. The molecule has 1 saturated heterocycles. The van der Waals surface area contributed by atoms with Crippen LogP contribution in [0.5, 0.6) is 5.75 Å². The molecule has 1 atom stereocenters. The third-order valence-electron chi connectivity index (χ3n) is 4.85. The van der Waals surface area contributed by atoms with Crippen molar-refractivity contribution in [1.29, 1.82) is 0 Å². The maximum Gasteiger partial charge on any atom is 0.242 e. The fraction of sp³-hybridized carbons (Fsp3) is 0.455. The van der Waals surface area contributed by atoms with Crippen LogP contribution in [0, 0.1) is 11.3 Å². The lowest BCUT2D eigenvalue weighted by Gasteiger charge is -2.18. The average Bonchev–Trinajstić information content (AvgIpc) is 2.98. The monoisotopic (exact) mass is 465 g/mol. The number of benzene rings is 1. The van der Waals surface area contributed by atoms with Gasteiger partial charge in [0.05, 0.1) is 25.5 Å². The first-order chi connectivity index (χ1) is 14.7. The molecule has 1 amide bonds. The van der Waals surface area contributed by atoms with E-state index in [0.717, 1.165) is 6.42 Å². The maximum absolute atomic E-state index is 12.7. The van der Waals surface area contributed by atoms with E-state index in [-0.39, 0.29) is 42.8 Å². The van der Waals surface area contributed by atoms with E-state index in [2.05, 4.69) is 30.7 Å². The van der Waals surface area contributed by atoms with Gasteiger partial charge in [0.25, 0.3) is 0 Å². The molecule has 1 aliphatic heterocycles. The Hall–Kier alpha value is -2.22. The summed E-state index contributed by atoms with van der Waals surface area (Å²) >= 11 is 12.3. The summed E-state index contributed by atoms with van der Waals surface area (Å²) in [5.41, 5.74) is 0.786. The Morgan fingerprint density at radius 1 is 1.13 bits per heavy atom. The van der Waals surface area contributed by atoms with Crippen molar-refractivity contribution in [2.45, 2.75) is 33.8 Å². The summed E-state index contributed by atoms with van der Waals surface area (Å²) in [6, 6.07) is 5.21. The first-order valence-corrected chi connectivity index (χ1v) is 10.7. The molecule has 1 unspecified atom stereocenters. The van der Waals surface area contributed by atoms with E-state index in [4.69, 9.17) is 32.7 Å². The number of rotatable bonds is 8. The molecule has 0 N–H and O–H groups in total. The van der Waals surface area contributed by atoms with E-state index < -0.39 is 5.92 Å². The van der Waals surface area contributed by atoms with Crippen LogP contribution in [0.2, 0.25) is 10.0 Å². The number of hydrogen-bond acceptors (Lipinski definition) is 6. The van der Waals surface area contributed by atoms with Crippen LogP contribution >= 0.6 is 23.2 Å². The molecule has 7 nitrogen and oxygen atoms in total. The van der Waals surface area contributed by atoms with Crippen LogP contribution in [-0.4, -0.2) is 41.4 Å². The predicted octanol–water partition coefficient (Wildman–Crippen LogP) is 4.35. The van der Waals surface area contributed by atoms with Crippen molar-refractivity contribution in [1.82, 2.24) is 9.97 Å². The normalized spacial score (nSPS) is 16.8. The van der Waals surface area contributed by atoms with Crippen LogP contribution in [0.4, 0.5) is 5.95 Å². The number of nitrogens with zero attached hydrogens (tertiary/aromatic N) is 3. The molecule has 1 fully saturated rings. The summed E-state index contributed by atoms with van der Waals surface area (Å²) in [4.78, 5) is 34.6. The second kappa shape index (κ2) is 9.94. The lowest BCUT2D eigenvalue weighted by atomic mass is 9.93. The van der Waals surface area contributed by atoms with Crippen molar-refractivity contribution in [2.75, 3.05) is 24.7 Å². The van der Waals surface area contributed by atoms with Gasteiger partial charge in [-0.05, 0) is 24.0 Å². The Balaban J connectivity index is 1.57. The number of ketones is 1. The molecule has 2 heterocycles. The zero-order chi connectivity index (χ0) is 22.6. The van der Waals surface area contributed by atoms with E-state index in [1.54, 1.807) is 18.2 Å². The quantitative estimate of drug-likeness (QED) is 0.425.